The van der Waals surface area contributed by atoms with E-state index in [0.29, 0.717) is 28.5 Å². The highest BCUT2D eigenvalue weighted by molar-refractivity contribution is 5.98. The molecule has 2 amide bonds. The van der Waals surface area contributed by atoms with Crippen molar-refractivity contribution in [2.24, 2.45) is 0 Å². The summed E-state index contributed by atoms with van der Waals surface area (Å²) in [5.41, 5.74) is 1.12. The molecule has 4 rings (SSSR count). The highest BCUT2D eigenvalue weighted by Gasteiger charge is 2.24. The van der Waals surface area contributed by atoms with E-state index in [1.54, 1.807) is 54.6 Å². The van der Waals surface area contributed by atoms with Crippen LogP contribution >= 0.6 is 0 Å². The number of halogens is 1. The standard InChI is InChI=1S/C25H21FN2O5/c1-31-22-7-3-2-6-20(22)27-24(29)16-28(15-19-5-4-14-32-19)25(30)23-13-12-21(33-23)17-8-10-18(26)11-9-17/h2-14H,15-16H2,1H3,(H,27,29). The van der Waals surface area contributed by atoms with E-state index in [9.17, 15) is 14.0 Å². The second-order valence-electron chi connectivity index (χ2n) is 7.16. The molecule has 0 radical (unpaired) electrons. The number of para-hydroxylation sites is 2. The smallest absolute Gasteiger partial charge is 0.290 e. The van der Waals surface area contributed by atoms with Gasteiger partial charge in [0.2, 0.25) is 5.91 Å². The lowest BCUT2D eigenvalue weighted by Gasteiger charge is -2.20. The van der Waals surface area contributed by atoms with Crippen molar-refractivity contribution in [2.75, 3.05) is 19.0 Å². The van der Waals surface area contributed by atoms with Crippen molar-refractivity contribution in [3.8, 4) is 17.1 Å². The number of ether oxygens (including phenoxy) is 1. The molecule has 1 N–H and O–H groups in total. The van der Waals surface area contributed by atoms with Gasteiger partial charge in [0.1, 0.15) is 29.6 Å². The van der Waals surface area contributed by atoms with Crippen LogP contribution in [0.5, 0.6) is 5.75 Å². The number of carbonyl (C=O) groups excluding carboxylic acids is 2. The molecule has 0 unspecified atom stereocenters. The predicted octanol–water partition coefficient (Wildman–Crippen LogP) is 4.97. The van der Waals surface area contributed by atoms with E-state index in [4.69, 9.17) is 13.6 Å². The van der Waals surface area contributed by atoms with E-state index in [2.05, 4.69) is 5.32 Å². The van der Waals surface area contributed by atoms with Crippen LogP contribution in [0.2, 0.25) is 0 Å². The number of carbonyl (C=O) groups is 2. The molecule has 0 atom stereocenters. The highest BCUT2D eigenvalue weighted by atomic mass is 19.1. The molecule has 2 aromatic carbocycles. The van der Waals surface area contributed by atoms with Crippen LogP contribution < -0.4 is 10.1 Å². The molecular formula is C25H21FN2O5. The Morgan fingerprint density at radius 3 is 2.52 bits per heavy atom. The molecule has 0 fully saturated rings. The van der Waals surface area contributed by atoms with Gasteiger partial charge >= 0.3 is 0 Å². The third-order valence-electron chi connectivity index (χ3n) is 4.88. The maximum absolute atomic E-state index is 13.2. The number of nitrogens with zero attached hydrogens (tertiary/aromatic N) is 1. The van der Waals surface area contributed by atoms with Gasteiger partial charge in [-0.15, -0.1) is 0 Å². The number of methoxy groups -OCH3 is 1. The summed E-state index contributed by atoms with van der Waals surface area (Å²) >= 11 is 0. The van der Waals surface area contributed by atoms with E-state index in [1.165, 1.54) is 36.5 Å². The van der Waals surface area contributed by atoms with Crippen LogP contribution in [-0.2, 0) is 11.3 Å². The van der Waals surface area contributed by atoms with E-state index >= 15 is 0 Å². The maximum Gasteiger partial charge on any atom is 0.290 e. The second kappa shape index (κ2) is 9.86. The van der Waals surface area contributed by atoms with Gasteiger partial charge in [-0.3, -0.25) is 9.59 Å². The lowest BCUT2D eigenvalue weighted by atomic mass is 10.2. The Morgan fingerprint density at radius 2 is 1.79 bits per heavy atom. The molecule has 4 aromatic rings. The SMILES string of the molecule is COc1ccccc1NC(=O)CN(Cc1ccco1)C(=O)c1ccc(-c2ccc(F)cc2)o1. The van der Waals surface area contributed by atoms with E-state index in [1.807, 2.05) is 0 Å². The Balaban J connectivity index is 1.53. The third kappa shape index (κ3) is 5.30. The minimum Gasteiger partial charge on any atom is -0.495 e. The Bertz CT molecular complexity index is 1230. The first-order valence-corrected chi connectivity index (χ1v) is 10.1. The van der Waals surface area contributed by atoms with Gasteiger partial charge in [-0.25, -0.2) is 4.39 Å². The first-order valence-electron chi connectivity index (χ1n) is 10.1. The van der Waals surface area contributed by atoms with Crippen molar-refractivity contribution in [1.29, 1.82) is 0 Å². The lowest BCUT2D eigenvalue weighted by molar-refractivity contribution is -0.117. The normalized spacial score (nSPS) is 10.6. The quantitative estimate of drug-likeness (QED) is 0.411. The molecule has 2 aromatic heterocycles. The highest BCUT2D eigenvalue weighted by Crippen LogP contribution is 2.25. The number of furan rings is 2. The fraction of sp³-hybridized carbons (Fsp3) is 0.120. The zero-order chi connectivity index (χ0) is 23.2. The summed E-state index contributed by atoms with van der Waals surface area (Å²) in [6.07, 6.45) is 1.49. The molecule has 0 aliphatic heterocycles. The molecule has 0 aliphatic carbocycles. The zero-order valence-electron chi connectivity index (χ0n) is 17.8. The lowest BCUT2D eigenvalue weighted by Crippen LogP contribution is -2.37. The monoisotopic (exact) mass is 448 g/mol. The molecule has 168 valence electrons. The molecule has 0 bridgehead atoms. The van der Waals surface area contributed by atoms with Gasteiger partial charge < -0.3 is 23.8 Å². The topological polar surface area (TPSA) is 84.9 Å². The first-order chi connectivity index (χ1) is 16.0. The summed E-state index contributed by atoms with van der Waals surface area (Å²) in [4.78, 5) is 27.3. The molecule has 33 heavy (non-hydrogen) atoms. The van der Waals surface area contributed by atoms with Crippen molar-refractivity contribution >= 4 is 17.5 Å². The van der Waals surface area contributed by atoms with Crippen LogP contribution in [0.15, 0.2) is 87.9 Å². The fourth-order valence-corrected chi connectivity index (χ4v) is 3.28. The Kier molecular flexibility index (Phi) is 6.54. The van der Waals surface area contributed by atoms with Gasteiger partial charge in [0, 0.05) is 5.56 Å². The Hall–Kier alpha value is -4.33. The van der Waals surface area contributed by atoms with E-state index in [-0.39, 0.29) is 24.7 Å². The fourth-order valence-electron chi connectivity index (χ4n) is 3.28. The number of anilines is 1. The summed E-state index contributed by atoms with van der Waals surface area (Å²) in [6.45, 7) is -0.179. The van der Waals surface area contributed by atoms with Crippen LogP contribution in [0.1, 0.15) is 16.3 Å². The van der Waals surface area contributed by atoms with Crippen LogP contribution in [0.25, 0.3) is 11.3 Å². The van der Waals surface area contributed by atoms with Gasteiger partial charge in [0.25, 0.3) is 5.91 Å². The molecular weight excluding hydrogens is 427 g/mol. The summed E-state index contributed by atoms with van der Waals surface area (Å²) in [5.74, 6) is 0.205. The number of hydrogen-bond donors (Lipinski definition) is 1. The summed E-state index contributed by atoms with van der Waals surface area (Å²) in [5, 5.41) is 2.76. The van der Waals surface area contributed by atoms with Crippen LogP contribution in [0.4, 0.5) is 10.1 Å². The van der Waals surface area contributed by atoms with Crippen molar-refractivity contribution in [3.63, 3.8) is 0 Å². The molecule has 7 nitrogen and oxygen atoms in total. The summed E-state index contributed by atoms with van der Waals surface area (Å²) in [6, 6.07) is 19.3. The Morgan fingerprint density at radius 1 is 1.00 bits per heavy atom. The average molecular weight is 448 g/mol. The predicted molar refractivity (Wildman–Crippen MR) is 119 cm³/mol. The molecule has 0 spiro atoms. The largest absolute Gasteiger partial charge is 0.495 e. The van der Waals surface area contributed by atoms with E-state index in [0.717, 1.165) is 0 Å². The third-order valence-corrected chi connectivity index (χ3v) is 4.88. The number of hydrogen-bond acceptors (Lipinski definition) is 5. The molecule has 8 heteroatoms. The number of rotatable bonds is 8. The number of benzene rings is 2. The summed E-state index contributed by atoms with van der Waals surface area (Å²) in [7, 11) is 1.51. The van der Waals surface area contributed by atoms with Crippen molar-refractivity contribution < 1.29 is 27.6 Å². The number of amides is 2. The van der Waals surface area contributed by atoms with Gasteiger partial charge in [-0.05, 0) is 60.7 Å². The Labute approximate surface area is 189 Å². The number of nitrogens with one attached hydrogen (secondary N) is 1. The van der Waals surface area contributed by atoms with Crippen molar-refractivity contribution in [3.05, 3.63) is 96.4 Å². The van der Waals surface area contributed by atoms with Gasteiger partial charge in [0.15, 0.2) is 5.76 Å². The van der Waals surface area contributed by atoms with Gasteiger partial charge in [-0.2, -0.15) is 0 Å². The zero-order valence-corrected chi connectivity index (χ0v) is 17.8. The maximum atomic E-state index is 13.2. The van der Waals surface area contributed by atoms with Crippen LogP contribution in [0.3, 0.4) is 0 Å². The molecule has 2 heterocycles. The van der Waals surface area contributed by atoms with Gasteiger partial charge in [-0.1, -0.05) is 12.1 Å². The van der Waals surface area contributed by atoms with Crippen molar-refractivity contribution in [1.82, 2.24) is 4.90 Å². The van der Waals surface area contributed by atoms with E-state index < -0.39 is 11.8 Å². The minimum absolute atomic E-state index is 0.0472. The van der Waals surface area contributed by atoms with Gasteiger partial charge in [0.05, 0.1) is 25.6 Å². The average Bonchev–Trinajstić information content (AvgIpc) is 3.51. The van der Waals surface area contributed by atoms with Crippen LogP contribution in [0, 0.1) is 5.82 Å². The molecule has 0 saturated heterocycles. The molecule has 0 aliphatic rings. The second-order valence-corrected chi connectivity index (χ2v) is 7.16. The van der Waals surface area contributed by atoms with Crippen molar-refractivity contribution in [2.45, 2.75) is 6.54 Å². The van der Waals surface area contributed by atoms with Crippen LogP contribution in [-0.4, -0.2) is 30.4 Å². The first kappa shape index (κ1) is 21.9. The molecule has 0 saturated carbocycles. The minimum atomic E-state index is -0.491. The summed E-state index contributed by atoms with van der Waals surface area (Å²) < 4.78 is 29.5.